The molecule has 0 aromatic heterocycles. The van der Waals surface area contributed by atoms with Crippen LogP contribution in [-0.4, -0.2) is 46.7 Å². The van der Waals surface area contributed by atoms with E-state index in [-0.39, 0.29) is 12.6 Å². The minimum Gasteiger partial charge on any atom is -0.392 e. The zero-order chi connectivity index (χ0) is 14.5. The van der Waals surface area contributed by atoms with Gasteiger partial charge in [-0.1, -0.05) is 44.2 Å². The lowest BCUT2D eigenvalue weighted by Gasteiger charge is -2.20. The molecule has 3 heteroatoms. The van der Waals surface area contributed by atoms with Crippen LogP contribution < -0.4 is 0 Å². The molecule has 2 atom stereocenters. The van der Waals surface area contributed by atoms with Gasteiger partial charge in [0.2, 0.25) is 6.34 Å². The van der Waals surface area contributed by atoms with Crippen molar-refractivity contribution in [1.82, 2.24) is 4.90 Å². The molecule has 1 heterocycles. The summed E-state index contributed by atoms with van der Waals surface area (Å²) < 4.78 is 2.37. The van der Waals surface area contributed by atoms with Crippen molar-refractivity contribution < 1.29 is 9.68 Å². The van der Waals surface area contributed by atoms with E-state index in [4.69, 9.17) is 0 Å². The number of hydrogen-bond donors (Lipinski definition) is 1. The summed E-state index contributed by atoms with van der Waals surface area (Å²) in [5.74, 6) is 0.612. The quantitative estimate of drug-likeness (QED) is 0.808. The van der Waals surface area contributed by atoms with Crippen molar-refractivity contribution in [2.75, 3.05) is 19.7 Å². The van der Waals surface area contributed by atoms with Crippen LogP contribution in [0.3, 0.4) is 0 Å². The molecule has 0 bridgehead atoms. The molecule has 0 spiro atoms. The fourth-order valence-electron chi connectivity index (χ4n) is 2.89. The molecule has 1 aromatic rings. The van der Waals surface area contributed by atoms with E-state index in [2.05, 4.69) is 66.9 Å². The Kier molecular flexibility index (Phi) is 5.18. The molecule has 0 saturated heterocycles. The van der Waals surface area contributed by atoms with Crippen molar-refractivity contribution in [2.24, 2.45) is 5.92 Å². The van der Waals surface area contributed by atoms with Crippen LogP contribution in [0.1, 0.15) is 38.8 Å². The van der Waals surface area contributed by atoms with E-state index >= 15 is 0 Å². The Balaban J connectivity index is 2.06. The largest absolute Gasteiger partial charge is 0.392 e. The summed E-state index contributed by atoms with van der Waals surface area (Å²) in [4.78, 5) is 2.31. The number of hydrogen-bond acceptors (Lipinski definition) is 2. The van der Waals surface area contributed by atoms with E-state index in [0.717, 1.165) is 19.5 Å². The molecule has 1 aliphatic heterocycles. The van der Waals surface area contributed by atoms with Gasteiger partial charge in [0.15, 0.2) is 0 Å². The van der Waals surface area contributed by atoms with Crippen LogP contribution in [0.2, 0.25) is 0 Å². The number of benzene rings is 1. The van der Waals surface area contributed by atoms with E-state index in [1.165, 1.54) is 5.56 Å². The summed E-state index contributed by atoms with van der Waals surface area (Å²) in [5, 5.41) is 9.60. The van der Waals surface area contributed by atoms with Crippen LogP contribution in [-0.2, 0) is 0 Å². The minimum atomic E-state index is 0.238. The summed E-state index contributed by atoms with van der Waals surface area (Å²) in [6.45, 7) is 8.94. The molecule has 0 saturated carbocycles. The van der Waals surface area contributed by atoms with Gasteiger partial charge < -0.3 is 5.11 Å². The van der Waals surface area contributed by atoms with Crippen LogP contribution in [0.4, 0.5) is 0 Å². The fraction of sp³-hybridized carbons (Fsp3) is 0.588. The first-order valence-electron chi connectivity index (χ1n) is 7.64. The molecule has 3 nitrogen and oxygen atoms in total. The van der Waals surface area contributed by atoms with Crippen molar-refractivity contribution >= 4 is 6.34 Å². The van der Waals surface area contributed by atoms with Crippen LogP contribution in [0.25, 0.3) is 0 Å². The average molecular weight is 275 g/mol. The Labute approximate surface area is 122 Å². The second-order valence-corrected chi connectivity index (χ2v) is 6.14. The molecule has 0 aliphatic carbocycles. The second kappa shape index (κ2) is 6.89. The van der Waals surface area contributed by atoms with Crippen LogP contribution in [0.15, 0.2) is 30.3 Å². The first-order valence-corrected chi connectivity index (χ1v) is 7.64. The van der Waals surface area contributed by atoms with Gasteiger partial charge in [-0.05, 0) is 24.8 Å². The maximum absolute atomic E-state index is 9.60. The predicted molar refractivity (Wildman–Crippen MR) is 83.1 cm³/mol. The molecule has 110 valence electrons. The third-order valence-electron chi connectivity index (χ3n) is 4.12. The minimum absolute atomic E-state index is 0.238. The Bertz CT molecular complexity index is 442. The molecular formula is C17H27N2O+. The summed E-state index contributed by atoms with van der Waals surface area (Å²) in [7, 11) is 0. The Morgan fingerprint density at radius 3 is 2.50 bits per heavy atom. The Morgan fingerprint density at radius 1 is 1.20 bits per heavy atom. The third-order valence-corrected chi connectivity index (χ3v) is 4.12. The molecule has 1 N–H and O–H groups in total. The standard InChI is InChI=1S/C17H27N2O/c1-14(2)11-17(12-20)19-10-9-18(13-19)15(3)16-7-5-4-6-8-16/h4-8,13-15,17,20H,9-12H2,1-3H3/q+1/t15-,17-/m0/s1. The number of rotatable bonds is 6. The highest BCUT2D eigenvalue weighted by molar-refractivity contribution is 5.51. The van der Waals surface area contributed by atoms with Crippen molar-refractivity contribution in [1.29, 1.82) is 0 Å². The molecule has 0 unspecified atom stereocenters. The highest BCUT2D eigenvalue weighted by atomic mass is 16.3. The van der Waals surface area contributed by atoms with Crippen molar-refractivity contribution in [3.05, 3.63) is 35.9 Å². The SMILES string of the molecule is CC(C)C[C@@H](CO)N1C=[N+]([C@@H](C)c2ccccc2)CC1. The van der Waals surface area contributed by atoms with Crippen molar-refractivity contribution in [3.63, 3.8) is 0 Å². The maximum atomic E-state index is 9.60. The van der Waals surface area contributed by atoms with Gasteiger partial charge in [0.05, 0.1) is 6.61 Å². The molecule has 0 radical (unpaired) electrons. The van der Waals surface area contributed by atoms with E-state index in [9.17, 15) is 5.11 Å². The normalized spacial score (nSPS) is 18.2. The fourth-order valence-corrected chi connectivity index (χ4v) is 2.89. The van der Waals surface area contributed by atoms with E-state index in [1.807, 2.05) is 0 Å². The molecule has 1 aliphatic rings. The first-order chi connectivity index (χ1) is 9.61. The van der Waals surface area contributed by atoms with Crippen LogP contribution in [0.5, 0.6) is 0 Å². The molecule has 0 fully saturated rings. The number of aliphatic hydroxyl groups is 1. The summed E-state index contributed by atoms with van der Waals surface area (Å²) in [5.41, 5.74) is 1.34. The second-order valence-electron chi connectivity index (χ2n) is 6.14. The molecule has 20 heavy (non-hydrogen) atoms. The van der Waals surface area contributed by atoms with Crippen molar-refractivity contribution in [3.8, 4) is 0 Å². The lowest BCUT2D eigenvalue weighted by atomic mass is 10.0. The van der Waals surface area contributed by atoms with E-state index in [0.29, 0.717) is 12.0 Å². The number of aliphatic hydroxyl groups excluding tert-OH is 1. The molecule has 0 amide bonds. The van der Waals surface area contributed by atoms with Gasteiger partial charge in [-0.2, -0.15) is 0 Å². The first kappa shape index (κ1) is 15.0. The third kappa shape index (κ3) is 3.60. The smallest absolute Gasteiger partial charge is 0.235 e. The maximum Gasteiger partial charge on any atom is 0.235 e. The van der Waals surface area contributed by atoms with Gasteiger partial charge in [0.25, 0.3) is 0 Å². The van der Waals surface area contributed by atoms with E-state index in [1.54, 1.807) is 0 Å². The summed E-state index contributed by atoms with van der Waals surface area (Å²) in [6.07, 6.45) is 3.25. The molecular weight excluding hydrogens is 248 g/mol. The summed E-state index contributed by atoms with van der Waals surface area (Å²) in [6, 6.07) is 11.2. The lowest BCUT2D eigenvalue weighted by Crippen LogP contribution is -2.36. The highest BCUT2D eigenvalue weighted by Crippen LogP contribution is 2.19. The van der Waals surface area contributed by atoms with Gasteiger partial charge in [0, 0.05) is 0 Å². The van der Waals surface area contributed by atoms with Crippen LogP contribution >= 0.6 is 0 Å². The van der Waals surface area contributed by atoms with Gasteiger partial charge >= 0.3 is 0 Å². The van der Waals surface area contributed by atoms with Gasteiger partial charge in [0.1, 0.15) is 25.2 Å². The van der Waals surface area contributed by atoms with E-state index < -0.39 is 0 Å². The Hall–Kier alpha value is -1.35. The predicted octanol–water partition coefficient (Wildman–Crippen LogP) is 2.51. The highest BCUT2D eigenvalue weighted by Gasteiger charge is 2.30. The zero-order valence-electron chi connectivity index (χ0n) is 12.9. The Morgan fingerprint density at radius 2 is 1.90 bits per heavy atom. The van der Waals surface area contributed by atoms with Crippen LogP contribution in [0, 0.1) is 5.92 Å². The average Bonchev–Trinajstić information content (AvgIpc) is 2.94. The molecule has 2 rings (SSSR count). The monoisotopic (exact) mass is 275 g/mol. The zero-order valence-corrected chi connectivity index (χ0v) is 12.9. The van der Waals surface area contributed by atoms with Crippen molar-refractivity contribution in [2.45, 2.75) is 39.3 Å². The van der Waals surface area contributed by atoms with Gasteiger partial charge in [-0.25, -0.2) is 0 Å². The van der Waals surface area contributed by atoms with Gasteiger partial charge in [-0.3, -0.25) is 9.48 Å². The topological polar surface area (TPSA) is 26.5 Å². The lowest BCUT2D eigenvalue weighted by molar-refractivity contribution is -0.555. The van der Waals surface area contributed by atoms with Gasteiger partial charge in [-0.15, -0.1) is 0 Å². The number of nitrogens with zero attached hydrogens (tertiary/aromatic N) is 2. The summed E-state index contributed by atoms with van der Waals surface area (Å²) >= 11 is 0. The molecule has 1 aromatic carbocycles.